The van der Waals surface area contributed by atoms with Crippen molar-refractivity contribution in [1.82, 2.24) is 0 Å². The molecule has 8 nitrogen and oxygen atoms in total. The standard InChI is InChI=1S/C18H26N2O6/c1-5-24-18-7-6-16(19-13(2)21)12-20(18)17(8-10-25-14(3)22)9-11-26-15(4)23/h6-7,12,17H,5,8-11H2,1-4H3/p+1. The van der Waals surface area contributed by atoms with Crippen molar-refractivity contribution in [2.75, 3.05) is 25.1 Å². The Bertz CT molecular complexity index is 612. The molecule has 0 aliphatic rings. The average Bonchev–Trinajstić information content (AvgIpc) is 2.54. The third-order valence-electron chi connectivity index (χ3n) is 3.46. The van der Waals surface area contributed by atoms with Gasteiger partial charge in [-0.05, 0) is 13.0 Å². The van der Waals surface area contributed by atoms with Crippen molar-refractivity contribution in [1.29, 1.82) is 0 Å². The largest absolute Gasteiger partial charge is 0.466 e. The molecule has 0 unspecified atom stereocenters. The highest BCUT2D eigenvalue weighted by molar-refractivity contribution is 5.88. The van der Waals surface area contributed by atoms with E-state index in [9.17, 15) is 14.4 Å². The Hall–Kier alpha value is -2.64. The summed E-state index contributed by atoms with van der Waals surface area (Å²) in [6, 6.07) is 3.36. The van der Waals surface area contributed by atoms with Crippen LogP contribution in [0.15, 0.2) is 18.3 Å². The van der Waals surface area contributed by atoms with E-state index in [1.165, 1.54) is 20.8 Å². The number of carbonyl (C=O) groups is 3. The lowest BCUT2D eigenvalue weighted by Crippen LogP contribution is -2.42. The molecule has 144 valence electrons. The smallest absolute Gasteiger partial charge is 0.368 e. The molecule has 0 atom stereocenters. The Labute approximate surface area is 153 Å². The fourth-order valence-corrected chi connectivity index (χ4v) is 2.44. The molecule has 1 N–H and O–H groups in total. The predicted molar refractivity (Wildman–Crippen MR) is 93.6 cm³/mol. The van der Waals surface area contributed by atoms with Gasteiger partial charge in [0, 0.05) is 33.6 Å². The highest BCUT2D eigenvalue weighted by Gasteiger charge is 2.25. The molecule has 0 bridgehead atoms. The van der Waals surface area contributed by atoms with Crippen LogP contribution in [0.4, 0.5) is 5.69 Å². The lowest BCUT2D eigenvalue weighted by Gasteiger charge is -2.16. The molecule has 0 fully saturated rings. The Morgan fingerprint density at radius 1 is 1.04 bits per heavy atom. The first-order valence-electron chi connectivity index (χ1n) is 8.55. The quantitative estimate of drug-likeness (QED) is 0.500. The van der Waals surface area contributed by atoms with E-state index in [0.29, 0.717) is 31.0 Å². The van der Waals surface area contributed by atoms with Gasteiger partial charge in [-0.1, -0.05) is 0 Å². The van der Waals surface area contributed by atoms with Crippen LogP contribution in [0.3, 0.4) is 0 Å². The lowest BCUT2D eigenvalue weighted by molar-refractivity contribution is -0.728. The number of nitrogens with one attached hydrogen (secondary N) is 1. The SMILES string of the molecule is CCOc1ccc(NC(C)=O)c[n+]1C(CCOC(C)=O)CCOC(C)=O. The van der Waals surface area contributed by atoms with Gasteiger partial charge < -0.3 is 19.5 Å². The van der Waals surface area contributed by atoms with E-state index in [1.807, 2.05) is 11.5 Å². The van der Waals surface area contributed by atoms with Crippen molar-refractivity contribution in [3.8, 4) is 5.88 Å². The van der Waals surface area contributed by atoms with Gasteiger partial charge in [0.05, 0.1) is 25.9 Å². The number of aromatic nitrogens is 1. The summed E-state index contributed by atoms with van der Waals surface area (Å²) in [6.45, 7) is 6.93. The Kier molecular flexibility index (Phi) is 9.11. The van der Waals surface area contributed by atoms with E-state index in [1.54, 1.807) is 18.3 Å². The minimum absolute atomic E-state index is 0.149. The zero-order chi connectivity index (χ0) is 19.5. The first-order valence-corrected chi connectivity index (χ1v) is 8.55. The monoisotopic (exact) mass is 367 g/mol. The van der Waals surface area contributed by atoms with Crippen LogP contribution < -0.4 is 14.6 Å². The number of esters is 2. The molecule has 26 heavy (non-hydrogen) atoms. The summed E-state index contributed by atoms with van der Waals surface area (Å²) in [6.07, 6.45) is 2.78. The zero-order valence-electron chi connectivity index (χ0n) is 15.7. The molecular weight excluding hydrogens is 340 g/mol. The van der Waals surface area contributed by atoms with Gasteiger partial charge in [-0.2, -0.15) is 4.57 Å². The maximum absolute atomic E-state index is 11.3. The second kappa shape index (κ2) is 11.1. The normalized spacial score (nSPS) is 10.3. The van der Waals surface area contributed by atoms with E-state index < -0.39 is 0 Å². The van der Waals surface area contributed by atoms with Crippen molar-refractivity contribution >= 4 is 23.5 Å². The van der Waals surface area contributed by atoms with Gasteiger partial charge in [0.15, 0.2) is 12.2 Å². The minimum Gasteiger partial charge on any atom is -0.466 e. The lowest BCUT2D eigenvalue weighted by atomic mass is 10.1. The number of rotatable bonds is 10. The van der Waals surface area contributed by atoms with Crippen LogP contribution in [0.1, 0.15) is 46.6 Å². The second-order valence-electron chi connectivity index (χ2n) is 5.69. The van der Waals surface area contributed by atoms with Crippen LogP contribution in [0, 0.1) is 0 Å². The fraction of sp³-hybridized carbons (Fsp3) is 0.556. The maximum Gasteiger partial charge on any atom is 0.368 e. The molecule has 0 aliphatic heterocycles. The third kappa shape index (κ3) is 7.96. The molecule has 0 saturated carbocycles. The number of amides is 1. The van der Waals surface area contributed by atoms with Crippen LogP contribution >= 0.6 is 0 Å². The van der Waals surface area contributed by atoms with Gasteiger partial charge in [-0.25, -0.2) is 0 Å². The van der Waals surface area contributed by atoms with Gasteiger partial charge in [-0.3, -0.25) is 14.4 Å². The van der Waals surface area contributed by atoms with Crippen LogP contribution in [-0.2, 0) is 23.9 Å². The van der Waals surface area contributed by atoms with Crippen molar-refractivity contribution < 1.29 is 33.2 Å². The van der Waals surface area contributed by atoms with E-state index in [0.717, 1.165) is 0 Å². The molecule has 0 saturated heterocycles. The Balaban J connectivity index is 3.05. The summed E-state index contributed by atoms with van der Waals surface area (Å²) in [5.41, 5.74) is 0.617. The molecule has 0 spiro atoms. The maximum atomic E-state index is 11.3. The fourth-order valence-electron chi connectivity index (χ4n) is 2.44. The molecule has 0 aromatic carbocycles. The summed E-state index contributed by atoms with van der Waals surface area (Å²) in [4.78, 5) is 33.4. The summed E-state index contributed by atoms with van der Waals surface area (Å²) >= 11 is 0. The molecule has 0 aliphatic carbocycles. The highest BCUT2D eigenvalue weighted by Crippen LogP contribution is 2.18. The molecule has 1 aromatic rings. The number of nitrogens with zero attached hydrogens (tertiary/aromatic N) is 1. The van der Waals surface area contributed by atoms with E-state index in [4.69, 9.17) is 14.2 Å². The van der Waals surface area contributed by atoms with Gasteiger partial charge >= 0.3 is 17.8 Å². The Morgan fingerprint density at radius 2 is 1.62 bits per heavy atom. The second-order valence-corrected chi connectivity index (χ2v) is 5.69. The molecule has 1 amide bonds. The zero-order valence-corrected chi connectivity index (χ0v) is 15.7. The summed E-state index contributed by atoms with van der Waals surface area (Å²) in [7, 11) is 0. The summed E-state index contributed by atoms with van der Waals surface area (Å²) < 4.78 is 17.6. The number of hydrogen-bond acceptors (Lipinski definition) is 6. The molecule has 8 heteroatoms. The van der Waals surface area contributed by atoms with E-state index in [2.05, 4.69) is 5.32 Å². The van der Waals surface area contributed by atoms with E-state index in [-0.39, 0.29) is 37.1 Å². The molecule has 1 heterocycles. The summed E-state index contributed by atoms with van der Waals surface area (Å²) in [5, 5.41) is 2.73. The van der Waals surface area contributed by atoms with Gasteiger partial charge in [0.2, 0.25) is 5.91 Å². The summed E-state index contributed by atoms with van der Waals surface area (Å²) in [5.74, 6) is -0.286. The molecular formula is C18H27N2O6+. The third-order valence-corrected chi connectivity index (χ3v) is 3.46. The average molecular weight is 367 g/mol. The molecule has 1 rings (SSSR count). The van der Waals surface area contributed by atoms with Gasteiger partial charge in [0.1, 0.15) is 5.69 Å². The predicted octanol–water partition coefficient (Wildman–Crippen LogP) is 1.78. The first kappa shape index (κ1) is 21.4. The van der Waals surface area contributed by atoms with Crippen molar-refractivity contribution in [3.05, 3.63) is 18.3 Å². The van der Waals surface area contributed by atoms with Crippen LogP contribution in [-0.4, -0.2) is 37.7 Å². The van der Waals surface area contributed by atoms with Crippen molar-refractivity contribution in [2.24, 2.45) is 0 Å². The number of anilines is 1. The van der Waals surface area contributed by atoms with E-state index >= 15 is 0 Å². The van der Waals surface area contributed by atoms with Crippen LogP contribution in [0.25, 0.3) is 0 Å². The molecule has 1 aromatic heterocycles. The Morgan fingerprint density at radius 3 is 2.08 bits per heavy atom. The number of pyridine rings is 1. The number of carbonyl (C=O) groups excluding carboxylic acids is 3. The van der Waals surface area contributed by atoms with Crippen molar-refractivity contribution in [3.63, 3.8) is 0 Å². The van der Waals surface area contributed by atoms with Crippen molar-refractivity contribution in [2.45, 2.75) is 46.6 Å². The number of hydrogen-bond donors (Lipinski definition) is 1. The highest BCUT2D eigenvalue weighted by atomic mass is 16.5. The first-order chi connectivity index (χ1) is 12.3. The topological polar surface area (TPSA) is 94.8 Å². The minimum atomic E-state index is -0.356. The van der Waals surface area contributed by atoms with Crippen LogP contribution in [0.5, 0.6) is 5.88 Å². The van der Waals surface area contributed by atoms with Gasteiger partial charge in [-0.15, -0.1) is 0 Å². The van der Waals surface area contributed by atoms with Crippen LogP contribution in [0.2, 0.25) is 0 Å². The van der Waals surface area contributed by atoms with Gasteiger partial charge in [0.25, 0.3) is 0 Å². The number of ether oxygens (including phenoxy) is 3. The molecule has 0 radical (unpaired) electrons.